The van der Waals surface area contributed by atoms with Gasteiger partial charge >= 0.3 is 11.6 Å². The molecule has 1 N–H and O–H groups in total. The zero-order chi connectivity index (χ0) is 22.6. The van der Waals surface area contributed by atoms with Crippen LogP contribution in [0.1, 0.15) is 46.5 Å². The summed E-state index contributed by atoms with van der Waals surface area (Å²) < 4.78 is 17.0. The van der Waals surface area contributed by atoms with E-state index in [1.54, 1.807) is 19.1 Å². The lowest BCUT2D eigenvalue weighted by molar-refractivity contribution is -0.135. The van der Waals surface area contributed by atoms with Crippen LogP contribution in [0.2, 0.25) is 0 Å². The number of Topliss-reactive ketones (excluding diaryl/α,β-unsaturated/α-hetero) is 1. The van der Waals surface area contributed by atoms with E-state index < -0.39 is 23.3 Å². The zero-order valence-corrected chi connectivity index (χ0v) is 17.3. The molecule has 4 aromatic rings. The molecule has 0 saturated carbocycles. The molecule has 0 radical (unpaired) electrons. The van der Waals surface area contributed by atoms with E-state index in [0.717, 1.165) is 5.56 Å². The SMILES string of the molecule is CC(=O)c1c2c(c3oc(=O)cc(C)c3c1O)[C@H](c1ccc(-c3ccccc3)o1)CC(=O)O2. The van der Waals surface area contributed by atoms with Crippen LogP contribution in [0, 0.1) is 6.92 Å². The molecule has 0 amide bonds. The molecule has 7 nitrogen and oxygen atoms in total. The number of fused-ring (bicyclic) bond motifs is 3. The van der Waals surface area contributed by atoms with Crippen LogP contribution >= 0.6 is 0 Å². The number of rotatable bonds is 3. The minimum atomic E-state index is -0.671. The van der Waals surface area contributed by atoms with Crippen LogP contribution in [-0.4, -0.2) is 16.9 Å². The monoisotopic (exact) mass is 430 g/mol. The average molecular weight is 430 g/mol. The summed E-state index contributed by atoms with van der Waals surface area (Å²) in [5.74, 6) is -1.17. The summed E-state index contributed by atoms with van der Waals surface area (Å²) in [6.45, 7) is 2.91. The number of carbonyl (C=O) groups is 2. The second-order valence-electron chi connectivity index (χ2n) is 7.77. The molecule has 0 bridgehead atoms. The third-order valence-electron chi connectivity index (χ3n) is 5.66. The highest BCUT2D eigenvalue weighted by atomic mass is 16.5. The summed E-state index contributed by atoms with van der Waals surface area (Å²) in [5.41, 5.74) is 0.962. The van der Waals surface area contributed by atoms with Gasteiger partial charge in [0, 0.05) is 11.6 Å². The lowest BCUT2D eigenvalue weighted by Gasteiger charge is -2.26. The predicted octanol–water partition coefficient (Wildman–Crippen LogP) is 4.71. The molecule has 5 rings (SSSR count). The van der Waals surface area contributed by atoms with Gasteiger partial charge in [-0.15, -0.1) is 0 Å². The summed E-state index contributed by atoms with van der Waals surface area (Å²) in [7, 11) is 0. The van der Waals surface area contributed by atoms with E-state index in [-0.39, 0.29) is 34.5 Å². The molecule has 1 aliphatic heterocycles. The highest BCUT2D eigenvalue weighted by Gasteiger charge is 2.38. The average Bonchev–Trinajstić information content (AvgIpc) is 3.23. The number of aromatic hydroxyl groups is 1. The highest BCUT2D eigenvalue weighted by Crippen LogP contribution is 2.50. The molecule has 0 fully saturated rings. The number of carbonyl (C=O) groups excluding carboxylic acids is 2. The maximum Gasteiger partial charge on any atom is 0.336 e. The van der Waals surface area contributed by atoms with Gasteiger partial charge in [-0.2, -0.15) is 0 Å². The molecule has 2 aromatic heterocycles. The first-order valence-corrected chi connectivity index (χ1v) is 10.0. The summed E-state index contributed by atoms with van der Waals surface area (Å²) in [6, 6.07) is 14.2. The van der Waals surface area contributed by atoms with Crippen LogP contribution in [-0.2, 0) is 4.79 Å². The number of esters is 1. The van der Waals surface area contributed by atoms with Crippen molar-refractivity contribution in [3.63, 3.8) is 0 Å². The number of phenols is 1. The van der Waals surface area contributed by atoms with E-state index in [2.05, 4.69) is 0 Å². The largest absolute Gasteiger partial charge is 0.506 e. The normalized spacial score (nSPS) is 15.4. The summed E-state index contributed by atoms with van der Waals surface area (Å²) in [6.07, 6.45) is -0.0797. The molecule has 1 atom stereocenters. The summed E-state index contributed by atoms with van der Waals surface area (Å²) in [5, 5.41) is 11.1. The zero-order valence-electron chi connectivity index (χ0n) is 17.3. The molecule has 0 saturated heterocycles. The Bertz CT molecular complexity index is 1460. The Morgan fingerprint density at radius 3 is 2.53 bits per heavy atom. The Morgan fingerprint density at radius 1 is 1.06 bits per heavy atom. The van der Waals surface area contributed by atoms with E-state index in [4.69, 9.17) is 13.6 Å². The van der Waals surface area contributed by atoms with Crippen LogP contribution < -0.4 is 10.4 Å². The van der Waals surface area contributed by atoms with Crippen molar-refractivity contribution in [2.75, 3.05) is 0 Å². The van der Waals surface area contributed by atoms with Crippen molar-refractivity contribution in [1.29, 1.82) is 0 Å². The van der Waals surface area contributed by atoms with E-state index >= 15 is 0 Å². The summed E-state index contributed by atoms with van der Waals surface area (Å²) in [4.78, 5) is 37.1. The van der Waals surface area contributed by atoms with Crippen LogP contribution in [0.25, 0.3) is 22.3 Å². The van der Waals surface area contributed by atoms with Crippen molar-refractivity contribution in [1.82, 2.24) is 0 Å². The number of hydrogen-bond acceptors (Lipinski definition) is 7. The predicted molar refractivity (Wildman–Crippen MR) is 115 cm³/mol. The van der Waals surface area contributed by atoms with Crippen molar-refractivity contribution < 1.29 is 28.3 Å². The topological polar surface area (TPSA) is 107 Å². The quantitative estimate of drug-likeness (QED) is 0.217. The second-order valence-corrected chi connectivity index (χ2v) is 7.77. The Kier molecular flexibility index (Phi) is 4.48. The van der Waals surface area contributed by atoms with Crippen LogP contribution in [0.4, 0.5) is 0 Å². The first-order valence-electron chi connectivity index (χ1n) is 10.0. The summed E-state index contributed by atoms with van der Waals surface area (Å²) >= 11 is 0. The number of ketones is 1. The Balaban J connectivity index is 1.82. The van der Waals surface area contributed by atoms with Gasteiger partial charge in [0.25, 0.3) is 0 Å². The van der Waals surface area contributed by atoms with Gasteiger partial charge in [0.05, 0.1) is 23.3 Å². The molecule has 0 spiro atoms. The van der Waals surface area contributed by atoms with E-state index in [1.165, 1.54) is 13.0 Å². The second kappa shape index (κ2) is 7.23. The molecule has 2 aromatic carbocycles. The fourth-order valence-electron chi connectivity index (χ4n) is 4.28. The van der Waals surface area contributed by atoms with Gasteiger partial charge in [0.15, 0.2) is 11.5 Å². The van der Waals surface area contributed by atoms with Crippen molar-refractivity contribution in [2.24, 2.45) is 0 Å². The van der Waals surface area contributed by atoms with Gasteiger partial charge in [-0.3, -0.25) is 9.59 Å². The molecule has 32 heavy (non-hydrogen) atoms. The molecule has 7 heteroatoms. The standard InChI is InChI=1S/C25H18O7/c1-12-10-18(27)31-24-20(12)23(29)21(13(2)26)25-22(24)15(11-19(28)32-25)17-9-8-16(30-17)14-6-4-3-5-7-14/h3-10,15,29H,11H2,1-2H3/t15-/m0/s1. The first kappa shape index (κ1) is 19.8. The number of phenolic OH excluding ortho intramolecular Hbond substituents is 1. The highest BCUT2D eigenvalue weighted by molar-refractivity contribution is 6.08. The minimum absolute atomic E-state index is 0.0719. The smallest absolute Gasteiger partial charge is 0.336 e. The molecule has 1 aliphatic rings. The fraction of sp³-hybridized carbons (Fsp3) is 0.160. The van der Waals surface area contributed by atoms with E-state index in [9.17, 15) is 19.5 Å². The third-order valence-corrected chi connectivity index (χ3v) is 5.66. The van der Waals surface area contributed by atoms with Gasteiger partial charge in [0.1, 0.15) is 28.4 Å². The number of hydrogen-bond donors (Lipinski definition) is 1. The van der Waals surface area contributed by atoms with Crippen molar-refractivity contribution in [3.05, 3.63) is 81.4 Å². The fourth-order valence-corrected chi connectivity index (χ4v) is 4.28. The van der Waals surface area contributed by atoms with E-state index in [1.807, 2.05) is 30.3 Å². The van der Waals surface area contributed by atoms with Crippen molar-refractivity contribution >= 4 is 22.7 Å². The molecule has 160 valence electrons. The van der Waals surface area contributed by atoms with Gasteiger partial charge < -0.3 is 18.7 Å². The molecule has 0 aliphatic carbocycles. The molecule has 3 heterocycles. The maximum atomic E-state index is 12.5. The van der Waals surface area contributed by atoms with Gasteiger partial charge in [-0.05, 0) is 31.5 Å². The van der Waals surface area contributed by atoms with Crippen LogP contribution in [0.15, 0.2) is 62.2 Å². The lowest BCUT2D eigenvalue weighted by atomic mass is 9.85. The lowest BCUT2D eigenvalue weighted by Crippen LogP contribution is -2.23. The van der Waals surface area contributed by atoms with Crippen LogP contribution in [0.3, 0.4) is 0 Å². The number of aryl methyl sites for hydroxylation is 1. The maximum absolute atomic E-state index is 12.5. The third kappa shape index (κ3) is 3.01. The minimum Gasteiger partial charge on any atom is -0.506 e. The number of benzene rings is 2. The molecular formula is C25H18O7. The Hall–Kier alpha value is -4.13. The molecule has 0 unspecified atom stereocenters. The first-order chi connectivity index (χ1) is 15.3. The number of ether oxygens (including phenoxy) is 1. The van der Waals surface area contributed by atoms with Crippen molar-refractivity contribution in [3.8, 4) is 22.8 Å². The molecular weight excluding hydrogens is 412 g/mol. The van der Waals surface area contributed by atoms with E-state index in [0.29, 0.717) is 22.6 Å². The van der Waals surface area contributed by atoms with Crippen LogP contribution in [0.5, 0.6) is 11.5 Å². The van der Waals surface area contributed by atoms with Crippen molar-refractivity contribution in [2.45, 2.75) is 26.2 Å². The van der Waals surface area contributed by atoms with Gasteiger partial charge in [0.2, 0.25) is 0 Å². The van der Waals surface area contributed by atoms with Gasteiger partial charge in [-0.1, -0.05) is 30.3 Å². The number of furan rings is 1. The Labute approximate surface area is 181 Å². The Morgan fingerprint density at radius 2 is 1.81 bits per heavy atom. The van der Waals surface area contributed by atoms with Gasteiger partial charge in [-0.25, -0.2) is 4.79 Å².